The average Bonchev–Trinajstić information content (AvgIpc) is 2.29. The second-order valence-corrected chi connectivity index (χ2v) is 5.68. The van der Waals surface area contributed by atoms with Crippen LogP contribution in [-0.4, -0.2) is 19.6 Å². The Bertz CT molecular complexity index is 363. The highest BCUT2D eigenvalue weighted by Gasteiger charge is 2.23. The number of rotatable bonds is 7. The van der Waals surface area contributed by atoms with Gasteiger partial charge < -0.3 is 11.1 Å². The van der Waals surface area contributed by atoms with Crippen LogP contribution < -0.4 is 11.1 Å². The van der Waals surface area contributed by atoms with Crippen molar-refractivity contribution >= 4 is 0 Å². The highest BCUT2D eigenvalue weighted by Crippen LogP contribution is 2.24. The normalized spacial score (nSPS) is 13.6. The molecular weight excluding hydrogens is 227 g/mol. The Morgan fingerprint density at radius 1 is 1.33 bits per heavy atom. The molecule has 0 fully saturated rings. The van der Waals surface area contributed by atoms with Gasteiger partial charge in [-0.25, -0.2) is 4.39 Å². The molecule has 0 bridgehead atoms. The number of nitrogens with two attached hydrogens (primary N) is 1. The lowest BCUT2D eigenvalue weighted by atomic mass is 9.84. The monoisotopic (exact) mass is 252 g/mol. The number of halogens is 1. The van der Waals surface area contributed by atoms with Gasteiger partial charge in [0.2, 0.25) is 0 Å². The molecule has 1 aromatic rings. The quantitative estimate of drug-likeness (QED) is 0.783. The molecule has 2 nitrogen and oxygen atoms in total. The zero-order valence-electron chi connectivity index (χ0n) is 11.7. The van der Waals surface area contributed by atoms with E-state index in [0.717, 1.165) is 31.6 Å². The maximum atomic E-state index is 13.7. The first-order chi connectivity index (χ1) is 8.47. The molecule has 0 amide bonds. The van der Waals surface area contributed by atoms with Gasteiger partial charge in [-0.2, -0.15) is 0 Å². The third-order valence-electron chi connectivity index (χ3n) is 3.32. The number of hydrogen-bond donors (Lipinski definition) is 2. The highest BCUT2D eigenvalue weighted by atomic mass is 19.1. The van der Waals surface area contributed by atoms with Crippen molar-refractivity contribution in [2.24, 2.45) is 11.7 Å². The summed E-state index contributed by atoms with van der Waals surface area (Å²) in [5.74, 6) is 0.436. The maximum Gasteiger partial charge on any atom is 0.126 e. The van der Waals surface area contributed by atoms with Crippen LogP contribution >= 0.6 is 0 Å². The molecule has 0 aliphatic heterocycles. The molecule has 0 spiro atoms. The minimum absolute atomic E-state index is 0.126. The van der Waals surface area contributed by atoms with Crippen LogP contribution in [0.2, 0.25) is 0 Å². The van der Waals surface area contributed by atoms with Crippen LogP contribution in [0.3, 0.4) is 0 Å². The number of hydrogen-bond acceptors (Lipinski definition) is 2. The van der Waals surface area contributed by atoms with E-state index < -0.39 is 0 Å². The lowest BCUT2D eigenvalue weighted by Crippen LogP contribution is -2.36. The van der Waals surface area contributed by atoms with Crippen LogP contribution in [0.5, 0.6) is 0 Å². The predicted octanol–water partition coefficient (Wildman–Crippen LogP) is 2.68. The summed E-state index contributed by atoms with van der Waals surface area (Å²) in [6.07, 6.45) is 1.02. The maximum absolute atomic E-state index is 13.7. The standard InChI is InChI=1S/C15H25FN2/c1-12(8-9-17)10-18-11-15(2,3)13-6-4-5-7-14(13)16/h4-7,12,18H,8-11,17H2,1-3H3. The third-order valence-corrected chi connectivity index (χ3v) is 3.32. The minimum Gasteiger partial charge on any atom is -0.330 e. The second-order valence-electron chi connectivity index (χ2n) is 5.68. The Kier molecular flexibility index (Phi) is 5.76. The molecule has 0 aliphatic rings. The van der Waals surface area contributed by atoms with Gasteiger partial charge in [0.25, 0.3) is 0 Å². The molecule has 1 aromatic carbocycles. The van der Waals surface area contributed by atoms with Gasteiger partial charge in [0, 0.05) is 12.0 Å². The van der Waals surface area contributed by atoms with E-state index in [-0.39, 0.29) is 11.2 Å². The molecule has 102 valence electrons. The number of benzene rings is 1. The largest absolute Gasteiger partial charge is 0.330 e. The van der Waals surface area contributed by atoms with Crippen LogP contribution in [0, 0.1) is 11.7 Å². The molecule has 0 saturated carbocycles. The first-order valence-electron chi connectivity index (χ1n) is 6.63. The molecule has 0 radical (unpaired) electrons. The Morgan fingerprint density at radius 3 is 2.61 bits per heavy atom. The molecule has 18 heavy (non-hydrogen) atoms. The molecular formula is C15H25FN2. The molecule has 0 aromatic heterocycles. The van der Waals surface area contributed by atoms with Crippen molar-refractivity contribution in [2.75, 3.05) is 19.6 Å². The molecule has 1 rings (SSSR count). The van der Waals surface area contributed by atoms with Crippen molar-refractivity contribution in [2.45, 2.75) is 32.6 Å². The molecule has 3 N–H and O–H groups in total. The Morgan fingerprint density at radius 2 is 2.00 bits per heavy atom. The highest BCUT2D eigenvalue weighted by molar-refractivity contribution is 5.25. The van der Waals surface area contributed by atoms with Gasteiger partial charge in [0.15, 0.2) is 0 Å². The topological polar surface area (TPSA) is 38.0 Å². The van der Waals surface area contributed by atoms with E-state index in [4.69, 9.17) is 5.73 Å². The second kappa shape index (κ2) is 6.86. The molecule has 1 atom stereocenters. The summed E-state index contributed by atoms with van der Waals surface area (Å²) in [5, 5.41) is 3.41. The SMILES string of the molecule is CC(CCN)CNCC(C)(C)c1ccccc1F. The van der Waals surface area contributed by atoms with E-state index in [9.17, 15) is 4.39 Å². The van der Waals surface area contributed by atoms with Crippen LogP contribution in [0.4, 0.5) is 4.39 Å². The van der Waals surface area contributed by atoms with Crippen molar-refractivity contribution in [3.63, 3.8) is 0 Å². The number of nitrogens with one attached hydrogen (secondary N) is 1. The zero-order valence-corrected chi connectivity index (χ0v) is 11.7. The molecule has 0 aliphatic carbocycles. The van der Waals surface area contributed by atoms with E-state index in [0.29, 0.717) is 5.92 Å². The van der Waals surface area contributed by atoms with Crippen LogP contribution in [0.15, 0.2) is 24.3 Å². The Labute approximate surface area is 110 Å². The van der Waals surface area contributed by atoms with Crippen molar-refractivity contribution in [1.29, 1.82) is 0 Å². The van der Waals surface area contributed by atoms with Gasteiger partial charge in [-0.1, -0.05) is 39.0 Å². The van der Waals surface area contributed by atoms with Crippen LogP contribution in [0.25, 0.3) is 0 Å². The van der Waals surface area contributed by atoms with E-state index in [1.807, 2.05) is 12.1 Å². The third kappa shape index (κ3) is 4.39. The summed E-state index contributed by atoms with van der Waals surface area (Å²) in [6.45, 7) is 8.71. The lowest BCUT2D eigenvalue weighted by Gasteiger charge is -2.27. The van der Waals surface area contributed by atoms with Gasteiger partial charge in [0.05, 0.1) is 0 Å². The van der Waals surface area contributed by atoms with Gasteiger partial charge in [0.1, 0.15) is 5.82 Å². The lowest BCUT2D eigenvalue weighted by molar-refractivity contribution is 0.410. The average molecular weight is 252 g/mol. The molecule has 0 heterocycles. The summed E-state index contributed by atoms with van der Waals surface area (Å²) in [7, 11) is 0. The Hall–Kier alpha value is -0.930. The summed E-state index contributed by atoms with van der Waals surface area (Å²) in [4.78, 5) is 0. The van der Waals surface area contributed by atoms with Crippen LogP contribution in [-0.2, 0) is 5.41 Å². The first-order valence-corrected chi connectivity index (χ1v) is 6.63. The molecule has 0 saturated heterocycles. The van der Waals surface area contributed by atoms with Crippen molar-refractivity contribution in [3.05, 3.63) is 35.6 Å². The molecule has 3 heteroatoms. The zero-order chi connectivity index (χ0) is 13.6. The van der Waals surface area contributed by atoms with Crippen molar-refractivity contribution in [3.8, 4) is 0 Å². The summed E-state index contributed by atoms with van der Waals surface area (Å²) in [6, 6.07) is 7.00. The first kappa shape index (κ1) is 15.1. The predicted molar refractivity (Wildman–Crippen MR) is 75.1 cm³/mol. The van der Waals surface area contributed by atoms with Crippen molar-refractivity contribution in [1.82, 2.24) is 5.32 Å². The van der Waals surface area contributed by atoms with Gasteiger partial charge >= 0.3 is 0 Å². The fourth-order valence-electron chi connectivity index (χ4n) is 2.12. The van der Waals surface area contributed by atoms with Crippen LogP contribution in [0.1, 0.15) is 32.8 Å². The van der Waals surface area contributed by atoms with Crippen molar-refractivity contribution < 1.29 is 4.39 Å². The minimum atomic E-state index is -0.201. The summed E-state index contributed by atoms with van der Waals surface area (Å²) >= 11 is 0. The van der Waals surface area contributed by atoms with E-state index in [2.05, 4.69) is 26.1 Å². The van der Waals surface area contributed by atoms with Gasteiger partial charge in [-0.05, 0) is 37.1 Å². The van der Waals surface area contributed by atoms with Gasteiger partial charge in [-0.3, -0.25) is 0 Å². The Balaban J connectivity index is 2.52. The van der Waals surface area contributed by atoms with E-state index in [1.165, 1.54) is 6.07 Å². The smallest absolute Gasteiger partial charge is 0.126 e. The fraction of sp³-hybridized carbons (Fsp3) is 0.600. The molecule has 1 unspecified atom stereocenters. The van der Waals surface area contributed by atoms with E-state index >= 15 is 0 Å². The fourth-order valence-corrected chi connectivity index (χ4v) is 2.12. The van der Waals surface area contributed by atoms with Gasteiger partial charge in [-0.15, -0.1) is 0 Å². The van der Waals surface area contributed by atoms with E-state index in [1.54, 1.807) is 6.07 Å². The summed E-state index contributed by atoms with van der Waals surface area (Å²) < 4.78 is 13.7. The summed E-state index contributed by atoms with van der Waals surface area (Å²) in [5.41, 5.74) is 6.09.